The Hall–Kier alpha value is -3.22. The maximum atomic E-state index is 12.0. The third kappa shape index (κ3) is 5.37. The lowest BCUT2D eigenvalue weighted by molar-refractivity contribution is -0.149. The molecule has 140 valence electrons. The average molecular weight is 366 g/mol. The molecule has 0 aliphatic rings. The van der Waals surface area contributed by atoms with E-state index in [4.69, 9.17) is 4.74 Å². The van der Waals surface area contributed by atoms with Gasteiger partial charge in [-0.15, -0.1) is 5.10 Å². The van der Waals surface area contributed by atoms with Crippen LogP contribution < -0.4 is 5.32 Å². The second-order valence-electron chi connectivity index (χ2n) is 6.39. The summed E-state index contributed by atoms with van der Waals surface area (Å²) in [4.78, 5) is 23.9. The van der Waals surface area contributed by atoms with E-state index in [1.807, 2.05) is 49.4 Å². The predicted octanol–water partition coefficient (Wildman–Crippen LogP) is 2.11. The molecule has 1 atom stereocenters. The Bertz CT molecular complexity index is 908. The van der Waals surface area contributed by atoms with Gasteiger partial charge in [0.15, 0.2) is 6.61 Å². The Kier molecular flexibility index (Phi) is 6.14. The van der Waals surface area contributed by atoms with Crippen LogP contribution in [-0.2, 0) is 27.3 Å². The maximum absolute atomic E-state index is 12.0. The molecule has 0 spiro atoms. The minimum Gasteiger partial charge on any atom is -0.454 e. The number of hydrogen-bond donors (Lipinski definition) is 1. The summed E-state index contributed by atoms with van der Waals surface area (Å²) in [5.74, 6) is -0.842. The number of ether oxygens (including phenoxy) is 1. The molecule has 7 heteroatoms. The average Bonchev–Trinajstić information content (AvgIpc) is 3.08. The highest BCUT2D eigenvalue weighted by atomic mass is 16.5. The lowest BCUT2D eigenvalue weighted by Gasteiger charge is -2.14. The van der Waals surface area contributed by atoms with E-state index in [0.717, 1.165) is 18.4 Å². The molecule has 1 amide bonds. The third-order valence-corrected chi connectivity index (χ3v) is 4.18. The van der Waals surface area contributed by atoms with E-state index in [0.29, 0.717) is 5.52 Å². The number of para-hydroxylation sites is 1. The Labute approximate surface area is 157 Å². The summed E-state index contributed by atoms with van der Waals surface area (Å²) < 4.78 is 6.51. The van der Waals surface area contributed by atoms with Gasteiger partial charge >= 0.3 is 5.97 Å². The number of carbonyl (C=O) groups excluding carboxylic acids is 2. The molecule has 1 N–H and O–H groups in total. The van der Waals surface area contributed by atoms with Crippen molar-refractivity contribution >= 4 is 22.9 Å². The summed E-state index contributed by atoms with van der Waals surface area (Å²) in [6.45, 7) is 1.54. The molecule has 1 heterocycles. The molecule has 0 saturated carbocycles. The van der Waals surface area contributed by atoms with Gasteiger partial charge in [-0.2, -0.15) is 0 Å². The summed E-state index contributed by atoms with van der Waals surface area (Å²) in [5, 5.41) is 10.7. The van der Waals surface area contributed by atoms with Crippen LogP contribution in [0.2, 0.25) is 0 Å². The van der Waals surface area contributed by atoms with E-state index in [9.17, 15) is 9.59 Å². The summed E-state index contributed by atoms with van der Waals surface area (Å²) in [7, 11) is 0. The highest BCUT2D eigenvalue weighted by molar-refractivity contribution is 5.81. The highest BCUT2D eigenvalue weighted by Gasteiger charge is 2.13. The largest absolute Gasteiger partial charge is 0.454 e. The van der Waals surface area contributed by atoms with Crippen LogP contribution in [0.15, 0.2) is 54.6 Å². The van der Waals surface area contributed by atoms with E-state index in [1.165, 1.54) is 10.2 Å². The number of benzene rings is 2. The highest BCUT2D eigenvalue weighted by Crippen LogP contribution is 2.09. The van der Waals surface area contributed by atoms with E-state index >= 15 is 0 Å². The molecule has 1 aromatic heterocycles. The monoisotopic (exact) mass is 366 g/mol. The zero-order valence-electron chi connectivity index (χ0n) is 15.2. The Morgan fingerprint density at radius 2 is 1.85 bits per heavy atom. The van der Waals surface area contributed by atoms with Crippen LogP contribution in [0, 0.1) is 0 Å². The summed E-state index contributed by atoms with van der Waals surface area (Å²) >= 11 is 0. The fraction of sp³-hybridized carbons (Fsp3) is 0.300. The number of fused-ring (bicyclic) bond motifs is 1. The molecule has 0 unspecified atom stereocenters. The van der Waals surface area contributed by atoms with Crippen LogP contribution in [0.4, 0.5) is 0 Å². The second-order valence-corrected chi connectivity index (χ2v) is 6.39. The first-order chi connectivity index (χ1) is 13.1. The molecule has 7 nitrogen and oxygen atoms in total. The van der Waals surface area contributed by atoms with Crippen molar-refractivity contribution in [2.45, 2.75) is 32.4 Å². The number of nitrogens with one attached hydrogen (secondary N) is 1. The molecule has 0 aliphatic heterocycles. The van der Waals surface area contributed by atoms with Crippen LogP contribution in [0.1, 0.15) is 18.9 Å². The van der Waals surface area contributed by atoms with Gasteiger partial charge < -0.3 is 10.1 Å². The quantitative estimate of drug-likeness (QED) is 0.617. The van der Waals surface area contributed by atoms with Crippen molar-refractivity contribution in [3.05, 3.63) is 60.2 Å². The fourth-order valence-electron chi connectivity index (χ4n) is 2.76. The van der Waals surface area contributed by atoms with Crippen LogP contribution in [0.3, 0.4) is 0 Å². The van der Waals surface area contributed by atoms with Crippen LogP contribution in [-0.4, -0.2) is 39.5 Å². The first kappa shape index (κ1) is 18.6. The first-order valence-corrected chi connectivity index (χ1v) is 8.89. The predicted molar refractivity (Wildman–Crippen MR) is 101 cm³/mol. The molecular weight excluding hydrogens is 344 g/mol. The number of nitrogens with zero attached hydrogens (tertiary/aromatic N) is 3. The van der Waals surface area contributed by atoms with Gasteiger partial charge in [0, 0.05) is 6.04 Å². The van der Waals surface area contributed by atoms with Crippen LogP contribution >= 0.6 is 0 Å². The summed E-state index contributed by atoms with van der Waals surface area (Å²) in [6, 6.07) is 17.4. The van der Waals surface area contributed by atoms with Crippen molar-refractivity contribution in [2.24, 2.45) is 0 Å². The standard InChI is InChI=1S/C20H22N4O3/c1-15(11-12-16-7-3-2-4-8-16)21-19(25)14-27-20(26)13-24-18-10-6-5-9-17(18)22-23-24/h2-10,15H,11-14H2,1H3,(H,21,25)/t15-/m1/s1. The SMILES string of the molecule is C[C@H](CCc1ccccc1)NC(=O)COC(=O)Cn1nnc2ccccc21. The molecule has 27 heavy (non-hydrogen) atoms. The number of amides is 1. The maximum Gasteiger partial charge on any atom is 0.328 e. The smallest absolute Gasteiger partial charge is 0.328 e. The molecule has 0 aliphatic carbocycles. The number of esters is 1. The molecular formula is C20H22N4O3. The topological polar surface area (TPSA) is 86.1 Å². The van der Waals surface area contributed by atoms with Crippen LogP contribution in [0.5, 0.6) is 0 Å². The van der Waals surface area contributed by atoms with Gasteiger partial charge in [0.2, 0.25) is 0 Å². The van der Waals surface area contributed by atoms with E-state index in [2.05, 4.69) is 27.8 Å². The minimum absolute atomic E-state index is 0.00401. The van der Waals surface area contributed by atoms with Gasteiger partial charge in [-0.05, 0) is 37.5 Å². The Morgan fingerprint density at radius 1 is 1.11 bits per heavy atom. The Balaban J connectivity index is 1.40. The van der Waals surface area contributed by atoms with Crippen molar-refractivity contribution in [3.8, 4) is 0 Å². The molecule has 3 aromatic rings. The summed E-state index contributed by atoms with van der Waals surface area (Å²) in [6.07, 6.45) is 1.69. The number of aromatic nitrogens is 3. The van der Waals surface area contributed by atoms with Gasteiger partial charge in [0.1, 0.15) is 12.1 Å². The number of hydrogen-bond acceptors (Lipinski definition) is 5. The van der Waals surface area contributed by atoms with Gasteiger partial charge in [-0.25, -0.2) is 4.68 Å². The lowest BCUT2D eigenvalue weighted by Crippen LogP contribution is -2.36. The number of rotatable bonds is 8. The van der Waals surface area contributed by atoms with Gasteiger partial charge in [0.25, 0.3) is 5.91 Å². The van der Waals surface area contributed by atoms with E-state index in [1.54, 1.807) is 0 Å². The summed E-state index contributed by atoms with van der Waals surface area (Å²) in [5.41, 5.74) is 2.67. The second kappa shape index (κ2) is 8.93. The fourth-order valence-corrected chi connectivity index (χ4v) is 2.76. The van der Waals surface area contributed by atoms with Crippen molar-refractivity contribution in [1.29, 1.82) is 0 Å². The molecule has 0 saturated heterocycles. The third-order valence-electron chi connectivity index (χ3n) is 4.18. The Morgan fingerprint density at radius 3 is 2.67 bits per heavy atom. The van der Waals surface area contributed by atoms with Gasteiger partial charge in [-0.3, -0.25) is 9.59 Å². The molecule has 3 rings (SSSR count). The molecule has 2 aromatic carbocycles. The molecule has 0 fully saturated rings. The van der Waals surface area contributed by atoms with Crippen LogP contribution in [0.25, 0.3) is 11.0 Å². The molecule has 0 bridgehead atoms. The number of aryl methyl sites for hydroxylation is 1. The number of carbonyl (C=O) groups is 2. The van der Waals surface area contributed by atoms with E-state index < -0.39 is 5.97 Å². The first-order valence-electron chi connectivity index (χ1n) is 8.89. The zero-order valence-corrected chi connectivity index (χ0v) is 15.2. The normalized spacial score (nSPS) is 11.9. The van der Waals surface area contributed by atoms with Gasteiger partial charge in [0.05, 0.1) is 5.52 Å². The van der Waals surface area contributed by atoms with Crippen molar-refractivity contribution in [1.82, 2.24) is 20.3 Å². The van der Waals surface area contributed by atoms with Gasteiger partial charge in [-0.1, -0.05) is 47.7 Å². The lowest BCUT2D eigenvalue weighted by atomic mass is 10.1. The van der Waals surface area contributed by atoms with E-state index in [-0.39, 0.29) is 25.1 Å². The molecule has 0 radical (unpaired) electrons. The van der Waals surface area contributed by atoms with Crippen molar-refractivity contribution in [3.63, 3.8) is 0 Å². The zero-order chi connectivity index (χ0) is 19.1. The van der Waals surface area contributed by atoms with Crippen molar-refractivity contribution in [2.75, 3.05) is 6.61 Å². The minimum atomic E-state index is -0.530. The van der Waals surface area contributed by atoms with Crippen molar-refractivity contribution < 1.29 is 14.3 Å².